The van der Waals surface area contributed by atoms with Gasteiger partial charge in [-0.05, 0) is 49.6 Å². The van der Waals surface area contributed by atoms with Crippen molar-refractivity contribution in [3.05, 3.63) is 35.0 Å². The Hall–Kier alpha value is -0.990. The third-order valence-corrected chi connectivity index (χ3v) is 4.56. The fourth-order valence-electron chi connectivity index (χ4n) is 3.26. The van der Waals surface area contributed by atoms with Gasteiger partial charge in [0.25, 0.3) is 0 Å². The number of nitrogens with two attached hydrogens (primary N) is 1. The predicted molar refractivity (Wildman–Crippen MR) is 79.6 cm³/mol. The van der Waals surface area contributed by atoms with Gasteiger partial charge in [-0.3, -0.25) is 0 Å². The Morgan fingerprint density at radius 1 is 1.16 bits per heavy atom. The summed E-state index contributed by atoms with van der Waals surface area (Å²) in [6, 6.07) is 7.96. The third kappa shape index (κ3) is 2.65. The molecule has 0 radical (unpaired) electrons. The number of halogens is 1. The minimum atomic E-state index is 0.471. The third-order valence-electron chi connectivity index (χ3n) is 4.32. The van der Waals surface area contributed by atoms with Gasteiger partial charge in [0, 0.05) is 16.3 Å². The molecule has 102 valence electrons. The maximum atomic E-state index is 6.04. The molecular weight excluding hydrogens is 258 g/mol. The molecule has 0 aliphatic heterocycles. The van der Waals surface area contributed by atoms with E-state index in [4.69, 9.17) is 21.8 Å². The molecule has 0 spiro atoms. The van der Waals surface area contributed by atoms with Crippen LogP contribution in [0, 0.1) is 5.92 Å². The van der Waals surface area contributed by atoms with E-state index in [1.165, 1.54) is 32.1 Å². The zero-order valence-electron chi connectivity index (χ0n) is 11.1. The van der Waals surface area contributed by atoms with Gasteiger partial charge in [0.05, 0.1) is 0 Å². The fourth-order valence-corrected chi connectivity index (χ4v) is 3.44. The molecule has 1 heterocycles. The molecule has 1 saturated carbocycles. The van der Waals surface area contributed by atoms with Crippen LogP contribution in [0.1, 0.15) is 43.8 Å². The molecular formula is C16H20ClNO. The Morgan fingerprint density at radius 2 is 2.00 bits per heavy atom. The van der Waals surface area contributed by atoms with Crippen molar-refractivity contribution in [3.8, 4) is 0 Å². The molecule has 0 saturated heterocycles. The Balaban J connectivity index is 1.96. The van der Waals surface area contributed by atoms with Crippen LogP contribution < -0.4 is 5.73 Å². The van der Waals surface area contributed by atoms with Crippen molar-refractivity contribution in [3.63, 3.8) is 0 Å². The molecule has 2 nitrogen and oxygen atoms in total. The minimum Gasteiger partial charge on any atom is -0.461 e. The van der Waals surface area contributed by atoms with E-state index in [-0.39, 0.29) is 0 Å². The average Bonchev–Trinajstić information content (AvgIpc) is 2.67. The highest BCUT2D eigenvalue weighted by Gasteiger charge is 2.26. The van der Waals surface area contributed by atoms with Crippen molar-refractivity contribution in [1.29, 1.82) is 0 Å². The topological polar surface area (TPSA) is 39.2 Å². The second kappa shape index (κ2) is 5.56. The highest BCUT2D eigenvalue weighted by molar-refractivity contribution is 6.31. The van der Waals surface area contributed by atoms with E-state index < -0.39 is 0 Å². The Bertz CT molecular complexity index is 563. The largest absolute Gasteiger partial charge is 0.461 e. The molecule has 1 aromatic carbocycles. The Kier molecular flexibility index (Phi) is 3.81. The molecule has 0 bridgehead atoms. The van der Waals surface area contributed by atoms with Crippen LogP contribution in [0.3, 0.4) is 0 Å². The van der Waals surface area contributed by atoms with E-state index in [0.29, 0.717) is 11.8 Å². The van der Waals surface area contributed by atoms with Crippen LogP contribution in [0.5, 0.6) is 0 Å². The van der Waals surface area contributed by atoms with Crippen molar-refractivity contribution in [2.45, 2.75) is 38.0 Å². The smallest absolute Gasteiger partial charge is 0.134 e. The average molecular weight is 278 g/mol. The molecule has 2 N–H and O–H groups in total. The lowest BCUT2D eigenvalue weighted by atomic mass is 9.86. The first kappa shape index (κ1) is 13.0. The molecule has 19 heavy (non-hydrogen) atoms. The summed E-state index contributed by atoms with van der Waals surface area (Å²) in [5, 5.41) is 1.86. The lowest BCUT2D eigenvalue weighted by molar-refractivity contribution is 0.355. The highest BCUT2D eigenvalue weighted by atomic mass is 35.5. The van der Waals surface area contributed by atoms with E-state index in [1.54, 1.807) is 0 Å². The van der Waals surface area contributed by atoms with E-state index in [0.717, 1.165) is 28.3 Å². The molecule has 1 aliphatic carbocycles. The normalized spacial score (nSPS) is 24.5. The van der Waals surface area contributed by atoms with E-state index >= 15 is 0 Å². The van der Waals surface area contributed by atoms with Crippen LogP contribution in [0.2, 0.25) is 5.02 Å². The summed E-state index contributed by atoms with van der Waals surface area (Å²) < 4.78 is 6.04. The molecule has 2 unspecified atom stereocenters. The summed E-state index contributed by atoms with van der Waals surface area (Å²) in [6.45, 7) is 0.752. The number of fused-ring (bicyclic) bond motifs is 1. The first-order valence-corrected chi connectivity index (χ1v) is 7.55. The van der Waals surface area contributed by atoms with Gasteiger partial charge in [0.1, 0.15) is 11.3 Å². The van der Waals surface area contributed by atoms with Gasteiger partial charge in [-0.2, -0.15) is 0 Å². The van der Waals surface area contributed by atoms with Gasteiger partial charge in [-0.1, -0.05) is 30.9 Å². The SMILES string of the molecule is NCC1CCCCCC1c1cc2cc(Cl)ccc2o1. The van der Waals surface area contributed by atoms with Crippen molar-refractivity contribution >= 4 is 22.6 Å². The standard InChI is InChI=1S/C16H20ClNO/c17-13-6-7-15-12(8-13)9-16(19-15)14-5-3-1-2-4-11(14)10-18/h6-9,11,14H,1-5,10,18H2. The summed E-state index contributed by atoms with van der Waals surface area (Å²) in [7, 11) is 0. The van der Waals surface area contributed by atoms with Gasteiger partial charge >= 0.3 is 0 Å². The lowest BCUT2D eigenvalue weighted by Crippen LogP contribution is -2.20. The quantitative estimate of drug-likeness (QED) is 0.808. The number of benzene rings is 1. The van der Waals surface area contributed by atoms with Gasteiger partial charge < -0.3 is 10.2 Å². The van der Waals surface area contributed by atoms with Crippen LogP contribution in [-0.4, -0.2) is 6.54 Å². The molecule has 1 aliphatic rings. The molecule has 3 rings (SSSR count). The first-order valence-electron chi connectivity index (χ1n) is 7.17. The number of rotatable bonds is 2. The summed E-state index contributed by atoms with van der Waals surface area (Å²) >= 11 is 6.03. The van der Waals surface area contributed by atoms with Gasteiger partial charge in [0.2, 0.25) is 0 Å². The maximum absolute atomic E-state index is 6.04. The highest BCUT2D eigenvalue weighted by Crippen LogP contribution is 2.38. The maximum Gasteiger partial charge on any atom is 0.134 e. The minimum absolute atomic E-state index is 0.471. The molecule has 3 heteroatoms. The molecule has 1 aromatic heterocycles. The van der Waals surface area contributed by atoms with Crippen LogP contribution >= 0.6 is 11.6 Å². The van der Waals surface area contributed by atoms with E-state index in [9.17, 15) is 0 Å². The Labute approximate surface area is 118 Å². The zero-order chi connectivity index (χ0) is 13.2. The van der Waals surface area contributed by atoms with Crippen LogP contribution in [0.25, 0.3) is 11.0 Å². The van der Waals surface area contributed by atoms with Crippen molar-refractivity contribution < 1.29 is 4.42 Å². The van der Waals surface area contributed by atoms with E-state index in [1.807, 2.05) is 18.2 Å². The summed E-state index contributed by atoms with van der Waals surface area (Å²) in [6.07, 6.45) is 6.30. The summed E-state index contributed by atoms with van der Waals surface area (Å²) in [5.41, 5.74) is 6.89. The predicted octanol–water partition coefficient (Wildman–Crippen LogP) is 4.71. The van der Waals surface area contributed by atoms with Gasteiger partial charge in [-0.25, -0.2) is 0 Å². The lowest BCUT2D eigenvalue weighted by Gasteiger charge is -2.21. The molecule has 2 aromatic rings. The number of hydrogen-bond acceptors (Lipinski definition) is 2. The van der Waals surface area contributed by atoms with Crippen molar-refractivity contribution in [1.82, 2.24) is 0 Å². The second-order valence-corrected chi connectivity index (χ2v) is 6.01. The summed E-state index contributed by atoms with van der Waals surface area (Å²) in [5.74, 6) is 2.12. The van der Waals surface area contributed by atoms with Crippen molar-refractivity contribution in [2.75, 3.05) is 6.54 Å². The van der Waals surface area contributed by atoms with Crippen LogP contribution in [0.15, 0.2) is 28.7 Å². The summed E-state index contributed by atoms with van der Waals surface area (Å²) in [4.78, 5) is 0. The number of hydrogen-bond donors (Lipinski definition) is 1. The first-order chi connectivity index (χ1) is 9.28. The van der Waals surface area contributed by atoms with Crippen LogP contribution in [0.4, 0.5) is 0 Å². The van der Waals surface area contributed by atoms with Gasteiger partial charge in [-0.15, -0.1) is 0 Å². The van der Waals surface area contributed by atoms with Gasteiger partial charge in [0.15, 0.2) is 0 Å². The van der Waals surface area contributed by atoms with E-state index in [2.05, 4.69) is 6.07 Å². The molecule has 1 fully saturated rings. The number of furan rings is 1. The van der Waals surface area contributed by atoms with Crippen LogP contribution in [-0.2, 0) is 0 Å². The zero-order valence-corrected chi connectivity index (χ0v) is 11.8. The Morgan fingerprint density at radius 3 is 2.84 bits per heavy atom. The second-order valence-electron chi connectivity index (χ2n) is 5.57. The fraction of sp³-hybridized carbons (Fsp3) is 0.500. The molecule has 0 amide bonds. The monoisotopic (exact) mass is 277 g/mol. The van der Waals surface area contributed by atoms with Crippen molar-refractivity contribution in [2.24, 2.45) is 11.7 Å². The molecule has 2 atom stereocenters.